The highest BCUT2D eigenvalue weighted by molar-refractivity contribution is 5.85. The van der Waals surface area contributed by atoms with Gasteiger partial charge in [0.1, 0.15) is 5.75 Å². The summed E-state index contributed by atoms with van der Waals surface area (Å²) in [6.45, 7) is 0.380. The van der Waals surface area contributed by atoms with E-state index in [-0.39, 0.29) is 35.9 Å². The number of rotatable bonds is 6. The third kappa shape index (κ3) is 3.79. The molecule has 0 spiro atoms. The summed E-state index contributed by atoms with van der Waals surface area (Å²) in [7, 11) is 1.59. The molecule has 4 atom stereocenters. The Morgan fingerprint density at radius 3 is 2.65 bits per heavy atom. The summed E-state index contributed by atoms with van der Waals surface area (Å²) in [5.74, 6) is -0.593. The van der Waals surface area contributed by atoms with Crippen molar-refractivity contribution in [1.29, 1.82) is 0 Å². The van der Waals surface area contributed by atoms with E-state index in [2.05, 4.69) is 5.32 Å². The third-order valence-corrected chi connectivity index (χ3v) is 7.78. The zero-order chi connectivity index (χ0) is 23.8. The monoisotopic (exact) mass is 465 g/mol. The SMILES string of the molecule is COc1cccc(CNC(=O)[C@@H]2[C@@H](CO)[C@@H]3Cn4c(cccc4=O)[C@H]2N3C(=O)C2CCCC2)c1. The van der Waals surface area contributed by atoms with Crippen molar-refractivity contribution in [1.82, 2.24) is 14.8 Å². The number of hydrogen-bond acceptors (Lipinski definition) is 5. The molecule has 2 aliphatic heterocycles. The van der Waals surface area contributed by atoms with Crippen molar-refractivity contribution in [2.45, 2.75) is 50.9 Å². The number of amides is 2. The molecule has 1 aromatic carbocycles. The van der Waals surface area contributed by atoms with Gasteiger partial charge in [0.2, 0.25) is 11.8 Å². The summed E-state index contributed by atoms with van der Waals surface area (Å²) in [4.78, 5) is 41.7. The fraction of sp³-hybridized carbons (Fsp3) is 0.500. The number of fused-ring (bicyclic) bond motifs is 4. The number of carbonyl (C=O) groups excluding carboxylic acids is 2. The van der Waals surface area contributed by atoms with Crippen LogP contribution in [0, 0.1) is 17.8 Å². The van der Waals surface area contributed by atoms with Crippen LogP contribution < -0.4 is 15.6 Å². The molecule has 0 radical (unpaired) electrons. The highest BCUT2D eigenvalue weighted by Crippen LogP contribution is 2.49. The summed E-state index contributed by atoms with van der Waals surface area (Å²) >= 11 is 0. The minimum absolute atomic E-state index is 0.0510. The van der Waals surface area contributed by atoms with Crippen LogP contribution >= 0.6 is 0 Å². The summed E-state index contributed by atoms with van der Waals surface area (Å²) < 4.78 is 6.94. The normalized spacial score (nSPS) is 25.8. The van der Waals surface area contributed by atoms with Crippen LogP contribution in [0.1, 0.15) is 43.0 Å². The number of hydrogen-bond donors (Lipinski definition) is 2. The standard InChI is InChI=1S/C26H31N3O5/c1-34-18-9-4-6-16(12-18)13-27-25(32)23-19(15-30)21-14-28-20(10-5-11-22(28)31)24(23)29(21)26(33)17-7-2-3-8-17/h4-6,9-12,17,19,21,23-24,30H,2-3,7-8,13-15H2,1H3,(H,27,32)/t19-,21-,23+,24+/m0/s1. The van der Waals surface area contributed by atoms with E-state index in [0.717, 1.165) is 31.2 Å². The van der Waals surface area contributed by atoms with E-state index in [9.17, 15) is 19.5 Å². The van der Waals surface area contributed by atoms with Crippen molar-refractivity contribution in [3.8, 4) is 5.75 Å². The minimum Gasteiger partial charge on any atom is -0.497 e. The van der Waals surface area contributed by atoms with Crippen molar-refractivity contribution in [2.75, 3.05) is 13.7 Å². The van der Waals surface area contributed by atoms with Gasteiger partial charge in [0.05, 0.1) is 25.1 Å². The van der Waals surface area contributed by atoms with Crippen LogP contribution in [0.2, 0.25) is 0 Å². The van der Waals surface area contributed by atoms with Crippen molar-refractivity contribution < 1.29 is 19.4 Å². The van der Waals surface area contributed by atoms with Gasteiger partial charge in [0, 0.05) is 43.3 Å². The molecule has 2 amide bonds. The zero-order valence-corrected chi connectivity index (χ0v) is 19.4. The predicted molar refractivity (Wildman–Crippen MR) is 125 cm³/mol. The first kappa shape index (κ1) is 22.7. The van der Waals surface area contributed by atoms with Crippen LogP contribution in [-0.2, 0) is 22.7 Å². The molecule has 3 heterocycles. The van der Waals surface area contributed by atoms with Crippen molar-refractivity contribution in [2.24, 2.45) is 17.8 Å². The molecule has 3 aliphatic rings. The van der Waals surface area contributed by atoms with E-state index in [1.54, 1.807) is 17.7 Å². The Hall–Kier alpha value is -3.13. The zero-order valence-electron chi connectivity index (χ0n) is 19.4. The average molecular weight is 466 g/mol. The molecule has 2 bridgehead atoms. The van der Waals surface area contributed by atoms with Crippen LogP contribution in [0.15, 0.2) is 47.3 Å². The number of aliphatic hydroxyl groups excluding tert-OH is 1. The molecular formula is C26H31N3O5. The summed E-state index contributed by atoms with van der Waals surface area (Å²) in [6.07, 6.45) is 3.77. The molecule has 2 N–H and O–H groups in total. The van der Waals surface area contributed by atoms with Gasteiger partial charge in [0.15, 0.2) is 0 Å². The molecule has 5 rings (SSSR count). The fourth-order valence-corrected chi connectivity index (χ4v) is 6.13. The largest absolute Gasteiger partial charge is 0.497 e. The molecule has 0 unspecified atom stereocenters. The Bertz CT molecular complexity index is 1140. The fourth-order valence-electron chi connectivity index (χ4n) is 6.13. The maximum absolute atomic E-state index is 13.6. The van der Waals surface area contributed by atoms with E-state index in [1.165, 1.54) is 6.07 Å². The lowest BCUT2D eigenvalue weighted by atomic mass is 9.86. The maximum atomic E-state index is 13.6. The first-order valence-corrected chi connectivity index (χ1v) is 12.1. The van der Waals surface area contributed by atoms with Crippen molar-refractivity contribution in [3.63, 3.8) is 0 Å². The van der Waals surface area contributed by atoms with E-state index >= 15 is 0 Å². The molecule has 1 aromatic heterocycles. The Morgan fingerprint density at radius 1 is 1.15 bits per heavy atom. The van der Waals surface area contributed by atoms with Crippen LogP contribution in [0.5, 0.6) is 5.75 Å². The van der Waals surface area contributed by atoms with E-state index in [1.807, 2.05) is 35.2 Å². The van der Waals surface area contributed by atoms with Crippen LogP contribution in [0.4, 0.5) is 0 Å². The smallest absolute Gasteiger partial charge is 0.250 e. The van der Waals surface area contributed by atoms with E-state index in [0.29, 0.717) is 24.5 Å². The number of aromatic nitrogens is 1. The molecular weight excluding hydrogens is 434 g/mol. The van der Waals surface area contributed by atoms with Crippen LogP contribution in [-0.4, -0.2) is 46.1 Å². The number of ether oxygens (including phenoxy) is 1. The van der Waals surface area contributed by atoms with Gasteiger partial charge in [0.25, 0.3) is 5.56 Å². The Labute approximate surface area is 198 Å². The number of methoxy groups -OCH3 is 1. The highest BCUT2D eigenvalue weighted by Gasteiger charge is 2.57. The van der Waals surface area contributed by atoms with Crippen LogP contribution in [0.25, 0.3) is 0 Å². The quantitative estimate of drug-likeness (QED) is 0.678. The number of nitrogens with zero attached hydrogens (tertiary/aromatic N) is 2. The average Bonchev–Trinajstić information content (AvgIpc) is 3.47. The number of benzene rings is 1. The molecule has 8 nitrogen and oxygen atoms in total. The molecule has 8 heteroatoms. The third-order valence-electron chi connectivity index (χ3n) is 7.78. The van der Waals surface area contributed by atoms with Gasteiger partial charge in [-0.3, -0.25) is 14.4 Å². The lowest BCUT2D eigenvalue weighted by Crippen LogP contribution is -2.50. The van der Waals surface area contributed by atoms with Gasteiger partial charge in [-0.2, -0.15) is 0 Å². The molecule has 2 aromatic rings. The van der Waals surface area contributed by atoms with Gasteiger partial charge in [-0.1, -0.05) is 31.0 Å². The van der Waals surface area contributed by atoms with Gasteiger partial charge in [-0.05, 0) is 36.6 Å². The first-order valence-electron chi connectivity index (χ1n) is 12.1. The van der Waals surface area contributed by atoms with Gasteiger partial charge in [-0.25, -0.2) is 0 Å². The van der Waals surface area contributed by atoms with E-state index in [4.69, 9.17) is 4.74 Å². The second-order valence-electron chi connectivity index (χ2n) is 9.58. The topological polar surface area (TPSA) is 101 Å². The molecule has 1 saturated carbocycles. The number of nitrogens with one attached hydrogen (secondary N) is 1. The minimum atomic E-state index is -0.637. The summed E-state index contributed by atoms with van der Waals surface area (Å²) in [5, 5.41) is 13.4. The maximum Gasteiger partial charge on any atom is 0.250 e. The van der Waals surface area contributed by atoms with Crippen LogP contribution in [0.3, 0.4) is 0 Å². The number of pyridine rings is 1. The van der Waals surface area contributed by atoms with E-state index < -0.39 is 17.9 Å². The highest BCUT2D eigenvalue weighted by atomic mass is 16.5. The van der Waals surface area contributed by atoms with Gasteiger partial charge >= 0.3 is 0 Å². The Morgan fingerprint density at radius 2 is 1.91 bits per heavy atom. The molecule has 180 valence electrons. The molecule has 1 aliphatic carbocycles. The molecule has 34 heavy (non-hydrogen) atoms. The van der Waals surface area contributed by atoms with Crippen molar-refractivity contribution in [3.05, 3.63) is 64.1 Å². The Balaban J connectivity index is 1.48. The number of aliphatic hydroxyl groups is 1. The molecule has 2 fully saturated rings. The predicted octanol–water partition coefficient (Wildman–Crippen LogP) is 1.85. The van der Waals surface area contributed by atoms with Gasteiger partial charge in [-0.15, -0.1) is 0 Å². The van der Waals surface area contributed by atoms with Gasteiger partial charge < -0.3 is 24.6 Å². The lowest BCUT2D eigenvalue weighted by Gasteiger charge is -2.39. The molecule has 1 saturated heterocycles. The Kier molecular flexibility index (Phi) is 6.16. The first-order chi connectivity index (χ1) is 16.5. The second kappa shape index (κ2) is 9.25. The summed E-state index contributed by atoms with van der Waals surface area (Å²) in [6, 6.07) is 11.5. The lowest BCUT2D eigenvalue weighted by molar-refractivity contribution is -0.141. The van der Waals surface area contributed by atoms with Crippen molar-refractivity contribution >= 4 is 11.8 Å². The second-order valence-corrected chi connectivity index (χ2v) is 9.58. The summed E-state index contributed by atoms with van der Waals surface area (Å²) in [5.41, 5.74) is 1.42. The number of carbonyl (C=O) groups is 2.